The summed E-state index contributed by atoms with van der Waals surface area (Å²) in [5, 5.41) is 10.7. The molecule has 1 N–H and O–H groups in total. The van der Waals surface area contributed by atoms with Crippen LogP contribution in [0.2, 0.25) is 0 Å². The van der Waals surface area contributed by atoms with Gasteiger partial charge in [0.05, 0.1) is 0 Å². The average Bonchev–Trinajstić information content (AvgIpc) is 2.50. The zero-order valence-electron chi connectivity index (χ0n) is 9.01. The van der Waals surface area contributed by atoms with Crippen LogP contribution in [0, 0.1) is 0 Å². The third kappa shape index (κ3) is 1.11. The predicted molar refractivity (Wildman–Crippen MR) is 63.3 cm³/mol. The van der Waals surface area contributed by atoms with Crippen molar-refractivity contribution in [2.45, 2.75) is 18.7 Å². The Morgan fingerprint density at radius 2 is 2.25 bits per heavy atom. The first-order valence-electron chi connectivity index (χ1n) is 5.38. The van der Waals surface area contributed by atoms with Crippen molar-refractivity contribution in [2.24, 2.45) is 0 Å². The number of carbonyl (C=O) groups is 1. The Morgan fingerprint density at radius 1 is 1.50 bits per heavy atom. The van der Waals surface area contributed by atoms with E-state index in [1.807, 2.05) is 25.1 Å². The number of amides is 1. The highest BCUT2D eigenvalue weighted by molar-refractivity contribution is 7.99. The van der Waals surface area contributed by atoms with Gasteiger partial charge in [-0.2, -0.15) is 11.8 Å². The fourth-order valence-electron chi connectivity index (χ4n) is 2.60. The Labute approximate surface area is 98.4 Å². The van der Waals surface area contributed by atoms with Gasteiger partial charge in [0.2, 0.25) is 0 Å². The first-order valence-corrected chi connectivity index (χ1v) is 6.53. The molecule has 1 aromatic carbocycles. The van der Waals surface area contributed by atoms with E-state index in [1.165, 1.54) is 0 Å². The van der Waals surface area contributed by atoms with Gasteiger partial charge >= 0.3 is 0 Å². The lowest BCUT2D eigenvalue weighted by Crippen LogP contribution is -2.54. The number of aliphatic hydroxyl groups is 1. The summed E-state index contributed by atoms with van der Waals surface area (Å²) in [5.74, 6) is 1.42. The van der Waals surface area contributed by atoms with Gasteiger partial charge in [-0.15, -0.1) is 0 Å². The molecular formula is C12H13NO2S. The summed E-state index contributed by atoms with van der Waals surface area (Å²) in [4.78, 5) is 13.8. The highest BCUT2D eigenvalue weighted by atomic mass is 32.2. The van der Waals surface area contributed by atoms with E-state index in [0.717, 1.165) is 11.3 Å². The third-order valence-electron chi connectivity index (χ3n) is 3.31. The summed E-state index contributed by atoms with van der Waals surface area (Å²) in [7, 11) is 0. The van der Waals surface area contributed by atoms with Crippen LogP contribution in [0.5, 0.6) is 0 Å². The molecule has 2 aliphatic rings. The SMILES string of the molecule is C[C@H]1CSC[C@@]2(O)c3ccccc3C(=O)N12. The van der Waals surface area contributed by atoms with Crippen molar-refractivity contribution in [3.8, 4) is 0 Å². The molecule has 0 bridgehead atoms. The van der Waals surface area contributed by atoms with E-state index >= 15 is 0 Å². The van der Waals surface area contributed by atoms with Crippen LogP contribution in [0.3, 0.4) is 0 Å². The number of carbonyl (C=O) groups excluding carboxylic acids is 1. The highest BCUT2D eigenvalue weighted by Crippen LogP contribution is 2.43. The number of thioether (sulfide) groups is 1. The van der Waals surface area contributed by atoms with E-state index in [0.29, 0.717) is 11.3 Å². The van der Waals surface area contributed by atoms with Crippen LogP contribution in [0.25, 0.3) is 0 Å². The van der Waals surface area contributed by atoms with Crippen LogP contribution >= 0.6 is 11.8 Å². The van der Waals surface area contributed by atoms with Gasteiger partial charge in [-0.1, -0.05) is 18.2 Å². The Balaban J connectivity index is 2.20. The Kier molecular flexibility index (Phi) is 2.06. The highest BCUT2D eigenvalue weighted by Gasteiger charge is 2.52. The average molecular weight is 235 g/mol. The first-order chi connectivity index (χ1) is 7.64. The topological polar surface area (TPSA) is 40.5 Å². The van der Waals surface area contributed by atoms with Gasteiger partial charge in [-0.05, 0) is 13.0 Å². The maximum Gasteiger partial charge on any atom is 0.257 e. The maximum absolute atomic E-state index is 12.2. The van der Waals surface area contributed by atoms with Gasteiger partial charge in [-0.25, -0.2) is 0 Å². The molecule has 1 aromatic rings. The molecule has 0 unspecified atom stereocenters. The molecule has 2 aliphatic heterocycles. The van der Waals surface area contributed by atoms with Gasteiger partial charge in [0.1, 0.15) is 0 Å². The lowest BCUT2D eigenvalue weighted by molar-refractivity contribution is -0.0808. The van der Waals surface area contributed by atoms with Gasteiger partial charge in [-0.3, -0.25) is 4.79 Å². The molecule has 1 fully saturated rings. The summed E-state index contributed by atoms with van der Waals surface area (Å²) in [5.41, 5.74) is 0.328. The largest absolute Gasteiger partial charge is 0.366 e. The Morgan fingerprint density at radius 3 is 3.06 bits per heavy atom. The number of hydrogen-bond acceptors (Lipinski definition) is 3. The van der Waals surface area contributed by atoms with Crippen LogP contribution in [0.15, 0.2) is 24.3 Å². The summed E-state index contributed by atoms with van der Waals surface area (Å²) < 4.78 is 0. The summed E-state index contributed by atoms with van der Waals surface area (Å²) in [6.45, 7) is 1.99. The van der Waals surface area contributed by atoms with Gasteiger partial charge in [0.25, 0.3) is 5.91 Å². The monoisotopic (exact) mass is 235 g/mol. The lowest BCUT2D eigenvalue weighted by Gasteiger charge is -2.42. The maximum atomic E-state index is 12.2. The fraction of sp³-hybridized carbons (Fsp3) is 0.417. The molecule has 84 valence electrons. The number of hydrogen-bond donors (Lipinski definition) is 1. The molecule has 0 saturated carbocycles. The summed E-state index contributed by atoms with van der Waals surface area (Å²) >= 11 is 1.70. The number of fused-ring (bicyclic) bond motifs is 3. The van der Waals surface area contributed by atoms with E-state index in [2.05, 4.69) is 0 Å². The number of benzene rings is 1. The van der Waals surface area contributed by atoms with Crippen LogP contribution in [-0.2, 0) is 5.72 Å². The zero-order valence-corrected chi connectivity index (χ0v) is 9.83. The minimum absolute atomic E-state index is 0.0362. The molecule has 0 radical (unpaired) electrons. The van der Waals surface area contributed by atoms with Crippen LogP contribution in [-0.4, -0.2) is 33.5 Å². The van der Waals surface area contributed by atoms with E-state index < -0.39 is 5.72 Å². The van der Waals surface area contributed by atoms with Crippen molar-refractivity contribution in [1.82, 2.24) is 4.90 Å². The van der Waals surface area contributed by atoms with E-state index in [9.17, 15) is 9.90 Å². The minimum Gasteiger partial charge on any atom is -0.366 e. The van der Waals surface area contributed by atoms with Crippen molar-refractivity contribution >= 4 is 17.7 Å². The Hall–Kier alpha value is -1.00. The van der Waals surface area contributed by atoms with Crippen molar-refractivity contribution < 1.29 is 9.90 Å². The fourth-order valence-corrected chi connectivity index (χ4v) is 3.79. The van der Waals surface area contributed by atoms with E-state index in [1.54, 1.807) is 22.7 Å². The van der Waals surface area contributed by atoms with Crippen LogP contribution < -0.4 is 0 Å². The zero-order chi connectivity index (χ0) is 11.3. The summed E-state index contributed by atoms with van der Waals surface area (Å²) in [6, 6.07) is 7.45. The van der Waals surface area contributed by atoms with Gasteiger partial charge < -0.3 is 10.0 Å². The second-order valence-corrected chi connectivity index (χ2v) is 5.43. The van der Waals surface area contributed by atoms with Crippen molar-refractivity contribution in [1.29, 1.82) is 0 Å². The quantitative estimate of drug-likeness (QED) is 0.739. The van der Waals surface area contributed by atoms with Gasteiger partial charge in [0.15, 0.2) is 5.72 Å². The molecular weight excluding hydrogens is 222 g/mol. The number of rotatable bonds is 0. The van der Waals surface area contributed by atoms with Crippen LogP contribution in [0.4, 0.5) is 0 Å². The molecule has 2 atom stereocenters. The molecule has 1 saturated heterocycles. The first kappa shape index (κ1) is 10.2. The standard InChI is InChI=1S/C12H13NO2S/c1-8-6-16-7-12(15)10-5-3-2-4-9(10)11(14)13(8)12/h2-5,8,15H,6-7H2,1H3/t8-,12+/m0/s1. The second kappa shape index (κ2) is 3.25. The predicted octanol–water partition coefficient (Wildman–Crippen LogP) is 1.42. The van der Waals surface area contributed by atoms with Crippen LogP contribution in [0.1, 0.15) is 22.8 Å². The smallest absolute Gasteiger partial charge is 0.257 e. The molecule has 0 spiro atoms. The molecule has 0 aliphatic carbocycles. The molecule has 1 amide bonds. The molecule has 16 heavy (non-hydrogen) atoms. The van der Waals surface area contributed by atoms with E-state index in [-0.39, 0.29) is 11.9 Å². The minimum atomic E-state index is -1.09. The molecule has 3 nitrogen and oxygen atoms in total. The third-order valence-corrected chi connectivity index (χ3v) is 4.63. The summed E-state index contributed by atoms with van der Waals surface area (Å²) in [6.07, 6.45) is 0. The second-order valence-electron chi connectivity index (χ2n) is 4.40. The van der Waals surface area contributed by atoms with Crippen molar-refractivity contribution in [3.05, 3.63) is 35.4 Å². The molecule has 3 rings (SSSR count). The molecule has 4 heteroatoms. The normalized spacial score (nSPS) is 32.5. The van der Waals surface area contributed by atoms with Crippen molar-refractivity contribution in [3.63, 3.8) is 0 Å². The van der Waals surface area contributed by atoms with Gasteiger partial charge in [0, 0.05) is 28.7 Å². The lowest BCUT2D eigenvalue weighted by atomic mass is 10.0. The molecule has 2 heterocycles. The van der Waals surface area contributed by atoms with Crippen molar-refractivity contribution in [2.75, 3.05) is 11.5 Å². The Bertz CT molecular complexity index is 462. The molecule has 0 aromatic heterocycles. The number of nitrogens with zero attached hydrogens (tertiary/aromatic N) is 1. The van der Waals surface area contributed by atoms with E-state index in [4.69, 9.17) is 0 Å².